The molecule has 3 nitrogen and oxygen atoms in total. The molecular weight excluding hydrogens is 286 g/mol. The summed E-state index contributed by atoms with van der Waals surface area (Å²) in [5, 5.41) is 4.11. The molecule has 2 N–H and O–H groups in total. The molecule has 16 heavy (non-hydrogen) atoms. The van der Waals surface area contributed by atoms with E-state index in [9.17, 15) is 0 Å². The van der Waals surface area contributed by atoms with Crippen LogP contribution >= 0.6 is 27.3 Å². The van der Waals surface area contributed by atoms with E-state index in [1.54, 1.807) is 11.3 Å². The van der Waals surface area contributed by atoms with Crippen LogP contribution in [-0.2, 0) is 6.42 Å². The fourth-order valence-electron chi connectivity index (χ4n) is 1.45. The summed E-state index contributed by atoms with van der Waals surface area (Å²) in [6.45, 7) is 3.98. The molecule has 0 saturated carbocycles. The van der Waals surface area contributed by atoms with Crippen molar-refractivity contribution in [3.63, 3.8) is 0 Å². The van der Waals surface area contributed by atoms with Gasteiger partial charge in [0.05, 0.1) is 5.69 Å². The first kappa shape index (κ1) is 11.5. The lowest BCUT2D eigenvalue weighted by atomic mass is 10.1. The smallest absolute Gasteiger partial charge is 0.131 e. The second-order valence-electron chi connectivity index (χ2n) is 3.49. The van der Waals surface area contributed by atoms with Gasteiger partial charge < -0.3 is 5.73 Å². The van der Waals surface area contributed by atoms with E-state index in [0.29, 0.717) is 5.82 Å². The lowest BCUT2D eigenvalue weighted by Gasteiger charge is -2.08. The minimum absolute atomic E-state index is 0.569. The van der Waals surface area contributed by atoms with Crippen molar-refractivity contribution in [1.82, 2.24) is 9.97 Å². The van der Waals surface area contributed by atoms with Gasteiger partial charge in [0.2, 0.25) is 0 Å². The van der Waals surface area contributed by atoms with Gasteiger partial charge in [-0.05, 0) is 22.9 Å². The first-order chi connectivity index (χ1) is 7.63. The van der Waals surface area contributed by atoms with E-state index in [4.69, 9.17) is 5.73 Å². The molecule has 5 heteroatoms. The Morgan fingerprint density at radius 3 is 2.69 bits per heavy atom. The Kier molecular flexibility index (Phi) is 3.25. The molecule has 0 bridgehead atoms. The zero-order chi connectivity index (χ0) is 11.7. The van der Waals surface area contributed by atoms with E-state index in [1.807, 2.05) is 19.2 Å². The predicted molar refractivity (Wildman–Crippen MR) is 71.6 cm³/mol. The van der Waals surface area contributed by atoms with Gasteiger partial charge in [-0.25, -0.2) is 9.97 Å². The van der Waals surface area contributed by atoms with E-state index in [2.05, 4.69) is 31.3 Å². The van der Waals surface area contributed by atoms with Crippen molar-refractivity contribution >= 4 is 33.1 Å². The summed E-state index contributed by atoms with van der Waals surface area (Å²) < 4.78 is 1.06. The van der Waals surface area contributed by atoms with Crippen molar-refractivity contribution in [3.8, 4) is 11.3 Å². The summed E-state index contributed by atoms with van der Waals surface area (Å²) in [5.41, 5.74) is 8.85. The van der Waals surface area contributed by atoms with E-state index >= 15 is 0 Å². The van der Waals surface area contributed by atoms with Crippen LogP contribution in [0.25, 0.3) is 11.3 Å². The van der Waals surface area contributed by atoms with E-state index in [1.165, 1.54) is 0 Å². The number of anilines is 1. The van der Waals surface area contributed by atoms with Crippen molar-refractivity contribution in [2.24, 2.45) is 0 Å². The molecule has 2 aromatic rings. The molecule has 0 saturated heterocycles. The quantitative estimate of drug-likeness (QED) is 0.924. The predicted octanol–water partition coefficient (Wildman–Crippen LogP) is 3.42. The van der Waals surface area contributed by atoms with Gasteiger partial charge in [-0.3, -0.25) is 0 Å². The molecule has 0 aliphatic heterocycles. The Morgan fingerprint density at radius 1 is 1.38 bits per heavy atom. The van der Waals surface area contributed by atoms with Crippen LogP contribution < -0.4 is 5.73 Å². The topological polar surface area (TPSA) is 51.8 Å². The van der Waals surface area contributed by atoms with Crippen LogP contribution in [-0.4, -0.2) is 9.97 Å². The van der Waals surface area contributed by atoms with Crippen LogP contribution in [0.3, 0.4) is 0 Å². The van der Waals surface area contributed by atoms with Crippen LogP contribution in [0.5, 0.6) is 0 Å². The minimum atomic E-state index is 0.569. The molecule has 0 aliphatic rings. The van der Waals surface area contributed by atoms with Crippen molar-refractivity contribution < 1.29 is 0 Å². The van der Waals surface area contributed by atoms with Gasteiger partial charge in [-0.2, -0.15) is 11.3 Å². The number of aryl methyl sites for hydroxylation is 1. The molecule has 0 aromatic carbocycles. The van der Waals surface area contributed by atoms with Crippen molar-refractivity contribution in [2.45, 2.75) is 20.3 Å². The summed E-state index contributed by atoms with van der Waals surface area (Å²) in [7, 11) is 0. The Balaban J connectivity index is 2.64. The third-order valence-electron chi connectivity index (χ3n) is 2.42. The number of aromatic nitrogens is 2. The van der Waals surface area contributed by atoms with E-state index in [-0.39, 0.29) is 0 Å². The van der Waals surface area contributed by atoms with Gasteiger partial charge in [0.1, 0.15) is 11.6 Å². The Bertz CT molecular complexity index is 522. The summed E-state index contributed by atoms with van der Waals surface area (Å²) in [6, 6.07) is 0. The van der Waals surface area contributed by atoms with Crippen molar-refractivity contribution in [3.05, 3.63) is 26.6 Å². The molecular formula is C11H12BrN3S. The third-order valence-corrected chi connectivity index (χ3v) is 4.12. The average Bonchev–Trinajstić information content (AvgIpc) is 2.68. The second-order valence-corrected chi connectivity index (χ2v) is 5.08. The van der Waals surface area contributed by atoms with E-state index < -0.39 is 0 Å². The fraction of sp³-hybridized carbons (Fsp3) is 0.273. The highest BCUT2D eigenvalue weighted by molar-refractivity contribution is 9.10. The maximum absolute atomic E-state index is 5.89. The average molecular weight is 298 g/mol. The highest BCUT2D eigenvalue weighted by Crippen LogP contribution is 2.33. The van der Waals surface area contributed by atoms with Crippen LogP contribution in [0.1, 0.15) is 18.3 Å². The van der Waals surface area contributed by atoms with E-state index in [0.717, 1.165) is 33.5 Å². The van der Waals surface area contributed by atoms with Gasteiger partial charge in [0.15, 0.2) is 0 Å². The third kappa shape index (κ3) is 1.97. The van der Waals surface area contributed by atoms with Crippen molar-refractivity contribution in [2.75, 3.05) is 5.73 Å². The number of halogens is 1. The molecule has 0 amide bonds. The van der Waals surface area contributed by atoms with Gasteiger partial charge in [0.25, 0.3) is 0 Å². The number of hydrogen-bond donors (Lipinski definition) is 1. The Hall–Kier alpha value is -0.940. The molecule has 84 valence electrons. The largest absolute Gasteiger partial charge is 0.383 e. The Labute approximate surface area is 107 Å². The normalized spacial score (nSPS) is 10.7. The van der Waals surface area contributed by atoms with Crippen LogP contribution in [0.2, 0.25) is 0 Å². The number of hydrogen-bond acceptors (Lipinski definition) is 4. The Morgan fingerprint density at radius 2 is 2.12 bits per heavy atom. The lowest BCUT2D eigenvalue weighted by molar-refractivity contribution is 0.940. The molecule has 2 aromatic heterocycles. The summed E-state index contributed by atoms with van der Waals surface area (Å²) in [6.07, 6.45) is 0.791. The number of rotatable bonds is 2. The first-order valence-corrected chi connectivity index (χ1v) is 6.72. The number of nitrogens with zero attached hydrogens (tertiary/aromatic N) is 2. The van der Waals surface area contributed by atoms with Gasteiger partial charge in [0, 0.05) is 32.8 Å². The molecule has 0 unspecified atom stereocenters. The van der Waals surface area contributed by atoms with Crippen LogP contribution in [0, 0.1) is 6.92 Å². The monoisotopic (exact) mass is 297 g/mol. The molecule has 2 rings (SSSR count). The maximum atomic E-state index is 5.89. The molecule has 0 radical (unpaired) electrons. The summed E-state index contributed by atoms with van der Waals surface area (Å²) >= 11 is 5.16. The summed E-state index contributed by atoms with van der Waals surface area (Å²) in [4.78, 5) is 8.79. The van der Waals surface area contributed by atoms with Gasteiger partial charge >= 0.3 is 0 Å². The zero-order valence-corrected chi connectivity index (χ0v) is 11.5. The lowest BCUT2D eigenvalue weighted by Crippen LogP contribution is -2.03. The SMILES string of the molecule is CCc1nc(N)c(C)c(-c2cscc2Br)n1. The number of thiophene rings is 1. The number of nitrogens with two attached hydrogens (primary N) is 1. The maximum Gasteiger partial charge on any atom is 0.131 e. The molecule has 2 heterocycles. The van der Waals surface area contributed by atoms with Crippen molar-refractivity contribution in [1.29, 1.82) is 0 Å². The van der Waals surface area contributed by atoms with Gasteiger partial charge in [-0.15, -0.1) is 0 Å². The standard InChI is InChI=1S/C11H12BrN3S/c1-3-9-14-10(6(2)11(13)15-9)7-4-16-5-8(7)12/h4-5H,3H2,1-2H3,(H2,13,14,15). The summed E-state index contributed by atoms with van der Waals surface area (Å²) in [5.74, 6) is 1.36. The zero-order valence-electron chi connectivity index (χ0n) is 9.12. The molecule has 0 fully saturated rings. The second kappa shape index (κ2) is 4.51. The fourth-order valence-corrected chi connectivity index (χ4v) is 2.92. The van der Waals surface area contributed by atoms with Gasteiger partial charge in [-0.1, -0.05) is 6.92 Å². The molecule has 0 aliphatic carbocycles. The highest BCUT2D eigenvalue weighted by atomic mass is 79.9. The highest BCUT2D eigenvalue weighted by Gasteiger charge is 2.13. The first-order valence-electron chi connectivity index (χ1n) is 4.98. The van der Waals surface area contributed by atoms with Crippen LogP contribution in [0.4, 0.5) is 5.82 Å². The molecule has 0 atom stereocenters. The number of nitrogen functional groups attached to an aromatic ring is 1. The minimum Gasteiger partial charge on any atom is -0.383 e. The molecule has 0 spiro atoms. The van der Waals surface area contributed by atoms with Crippen LogP contribution in [0.15, 0.2) is 15.2 Å².